The molecule has 2 aromatic rings. The molecule has 1 saturated carbocycles. The molecule has 0 spiro atoms. The van der Waals surface area contributed by atoms with Gasteiger partial charge >= 0.3 is 5.97 Å². The number of ether oxygens (including phenoxy) is 1. The second kappa shape index (κ2) is 6.81. The first-order valence-corrected chi connectivity index (χ1v) is 9.50. The number of aromatic amines is 1. The van der Waals surface area contributed by atoms with E-state index in [9.17, 15) is 9.59 Å². The topological polar surface area (TPSA) is 100 Å². The van der Waals surface area contributed by atoms with Gasteiger partial charge in [-0.2, -0.15) is 5.10 Å². The van der Waals surface area contributed by atoms with Crippen molar-refractivity contribution in [1.29, 1.82) is 0 Å². The number of anilines is 1. The average Bonchev–Trinajstić information content (AvgIpc) is 3.27. The van der Waals surface area contributed by atoms with Crippen molar-refractivity contribution in [2.24, 2.45) is 0 Å². The Labute approximate surface area is 154 Å². The zero-order chi connectivity index (χ0) is 18.3. The Morgan fingerprint density at radius 3 is 2.96 bits per heavy atom. The molecule has 0 aromatic carbocycles. The van der Waals surface area contributed by atoms with Gasteiger partial charge in [-0.25, -0.2) is 9.78 Å². The van der Waals surface area contributed by atoms with Crippen LogP contribution < -0.4 is 5.32 Å². The second-order valence-corrected chi connectivity index (χ2v) is 7.77. The number of hydrogen-bond donors (Lipinski definition) is 2. The molecule has 0 radical (unpaired) electrons. The van der Waals surface area contributed by atoms with E-state index in [2.05, 4.69) is 25.4 Å². The summed E-state index contributed by atoms with van der Waals surface area (Å²) in [7, 11) is 1.33. The molecule has 2 aromatic heterocycles. The van der Waals surface area contributed by atoms with E-state index in [0.717, 1.165) is 30.8 Å². The van der Waals surface area contributed by atoms with E-state index in [1.165, 1.54) is 36.9 Å². The molecule has 0 unspecified atom stereocenters. The lowest BCUT2D eigenvalue weighted by molar-refractivity contribution is -0.117. The summed E-state index contributed by atoms with van der Waals surface area (Å²) in [5, 5.41) is 10.8. The molecule has 1 fully saturated rings. The van der Waals surface area contributed by atoms with Crippen LogP contribution in [0.1, 0.15) is 51.1 Å². The lowest BCUT2D eigenvalue weighted by Crippen LogP contribution is -2.37. The minimum Gasteiger partial charge on any atom is -0.465 e. The zero-order valence-electron chi connectivity index (χ0n) is 14.8. The van der Waals surface area contributed by atoms with Crippen LogP contribution in [0.3, 0.4) is 0 Å². The number of amides is 1. The second-order valence-electron chi connectivity index (χ2n) is 6.77. The highest BCUT2D eigenvalue weighted by Gasteiger charge is 2.32. The van der Waals surface area contributed by atoms with Crippen LogP contribution in [0.15, 0.2) is 0 Å². The number of thiazole rings is 1. The van der Waals surface area contributed by atoms with Crippen LogP contribution in [-0.2, 0) is 22.5 Å². The monoisotopic (exact) mass is 375 g/mol. The van der Waals surface area contributed by atoms with Crippen molar-refractivity contribution in [3.8, 4) is 0 Å². The predicted octanol–water partition coefficient (Wildman–Crippen LogP) is 1.84. The van der Waals surface area contributed by atoms with E-state index in [1.807, 2.05) is 0 Å². The molecule has 8 nitrogen and oxygen atoms in total. The average molecular weight is 375 g/mol. The molecule has 2 N–H and O–H groups in total. The lowest BCUT2D eigenvalue weighted by atomic mass is 10.0. The number of carbonyl (C=O) groups excluding carboxylic acids is 2. The van der Waals surface area contributed by atoms with E-state index < -0.39 is 5.97 Å². The number of nitrogens with one attached hydrogen (secondary N) is 2. The van der Waals surface area contributed by atoms with Gasteiger partial charge in [-0.05, 0) is 19.8 Å². The molecular formula is C17H21N5O3S. The predicted molar refractivity (Wildman–Crippen MR) is 96.4 cm³/mol. The first kappa shape index (κ1) is 17.2. The van der Waals surface area contributed by atoms with Crippen LogP contribution in [0, 0.1) is 6.92 Å². The number of methoxy groups -OCH3 is 1. The Kier molecular flexibility index (Phi) is 4.49. The molecule has 0 bridgehead atoms. The highest BCUT2D eigenvalue weighted by molar-refractivity contribution is 7.17. The maximum absolute atomic E-state index is 12.4. The van der Waals surface area contributed by atoms with Gasteiger partial charge in [0.15, 0.2) is 5.13 Å². The zero-order valence-corrected chi connectivity index (χ0v) is 15.6. The molecule has 138 valence electrons. The summed E-state index contributed by atoms with van der Waals surface area (Å²) in [6, 6.07) is 0. The Balaban J connectivity index is 1.38. The van der Waals surface area contributed by atoms with Gasteiger partial charge in [0.2, 0.25) is 5.91 Å². The number of rotatable bonds is 5. The Morgan fingerprint density at radius 1 is 1.42 bits per heavy atom. The molecule has 2 aliphatic rings. The quantitative estimate of drug-likeness (QED) is 0.774. The maximum atomic E-state index is 12.4. The van der Waals surface area contributed by atoms with Gasteiger partial charge in [0.1, 0.15) is 4.88 Å². The van der Waals surface area contributed by atoms with E-state index >= 15 is 0 Å². The fourth-order valence-electron chi connectivity index (χ4n) is 3.30. The number of aryl methyl sites for hydroxylation is 1. The summed E-state index contributed by atoms with van der Waals surface area (Å²) in [5.41, 5.74) is 4.22. The molecule has 3 heterocycles. The summed E-state index contributed by atoms with van der Waals surface area (Å²) in [4.78, 5) is 30.8. The number of aromatic nitrogens is 3. The normalized spacial score (nSPS) is 17.0. The Morgan fingerprint density at radius 2 is 2.23 bits per heavy atom. The number of esters is 1. The van der Waals surface area contributed by atoms with Crippen LogP contribution in [0.2, 0.25) is 0 Å². The molecule has 4 rings (SSSR count). The summed E-state index contributed by atoms with van der Waals surface area (Å²) >= 11 is 1.14. The van der Waals surface area contributed by atoms with Gasteiger partial charge in [-0.15, -0.1) is 0 Å². The van der Waals surface area contributed by atoms with E-state index in [-0.39, 0.29) is 5.91 Å². The van der Waals surface area contributed by atoms with Crippen LogP contribution in [0.4, 0.5) is 5.13 Å². The van der Waals surface area contributed by atoms with Crippen molar-refractivity contribution >= 4 is 28.3 Å². The molecular weight excluding hydrogens is 354 g/mol. The third-order valence-electron chi connectivity index (χ3n) is 4.79. The standard InChI is InChI=1S/C17H21N5O3S/c1-9-15(16(24)25-2)26-17(18-9)19-13(23)8-22-6-5-12-11(7-22)14(21-20-12)10-3-4-10/h10H,3-8H2,1-2H3,(H,20,21)(H,18,19,23). The fourth-order valence-corrected chi connectivity index (χ4v) is 4.20. The highest BCUT2D eigenvalue weighted by atomic mass is 32.1. The fraction of sp³-hybridized carbons (Fsp3) is 0.529. The van der Waals surface area contributed by atoms with Crippen LogP contribution >= 0.6 is 11.3 Å². The maximum Gasteiger partial charge on any atom is 0.350 e. The van der Waals surface area contributed by atoms with Gasteiger partial charge in [0.25, 0.3) is 0 Å². The number of carbonyl (C=O) groups is 2. The molecule has 1 aliphatic carbocycles. The minimum absolute atomic E-state index is 0.130. The number of fused-ring (bicyclic) bond motifs is 1. The van der Waals surface area contributed by atoms with Crippen LogP contribution in [0.25, 0.3) is 0 Å². The molecule has 0 saturated heterocycles. The van der Waals surface area contributed by atoms with Crippen LogP contribution in [-0.4, -0.2) is 52.2 Å². The van der Waals surface area contributed by atoms with Gasteiger partial charge in [-0.3, -0.25) is 14.8 Å². The summed E-state index contributed by atoms with van der Waals surface area (Å²) < 4.78 is 4.72. The number of hydrogen-bond acceptors (Lipinski definition) is 7. The summed E-state index contributed by atoms with van der Waals surface area (Å²) in [5.74, 6) is 0.0329. The number of nitrogens with zero attached hydrogens (tertiary/aromatic N) is 3. The van der Waals surface area contributed by atoms with E-state index in [1.54, 1.807) is 6.92 Å². The summed E-state index contributed by atoms with van der Waals surface area (Å²) in [6.45, 7) is 3.58. The van der Waals surface area contributed by atoms with Crippen molar-refractivity contribution < 1.29 is 14.3 Å². The van der Waals surface area contributed by atoms with Crippen molar-refractivity contribution in [2.45, 2.75) is 38.6 Å². The van der Waals surface area contributed by atoms with Crippen molar-refractivity contribution in [3.63, 3.8) is 0 Å². The minimum atomic E-state index is -0.434. The molecule has 9 heteroatoms. The Hall–Kier alpha value is -2.26. The van der Waals surface area contributed by atoms with Gasteiger partial charge in [-0.1, -0.05) is 11.3 Å². The number of H-pyrrole nitrogens is 1. The summed E-state index contributed by atoms with van der Waals surface area (Å²) in [6.07, 6.45) is 3.30. The van der Waals surface area contributed by atoms with Crippen molar-refractivity contribution in [3.05, 3.63) is 27.5 Å². The molecule has 0 atom stereocenters. The lowest BCUT2D eigenvalue weighted by Gasteiger charge is -2.26. The molecule has 26 heavy (non-hydrogen) atoms. The van der Waals surface area contributed by atoms with Gasteiger partial charge in [0, 0.05) is 36.7 Å². The van der Waals surface area contributed by atoms with Crippen molar-refractivity contribution in [1.82, 2.24) is 20.1 Å². The highest BCUT2D eigenvalue weighted by Crippen LogP contribution is 2.42. The van der Waals surface area contributed by atoms with E-state index in [0.29, 0.717) is 28.2 Å². The Bertz CT molecular complexity index is 855. The van der Waals surface area contributed by atoms with Gasteiger partial charge < -0.3 is 10.1 Å². The third kappa shape index (κ3) is 3.36. The van der Waals surface area contributed by atoms with E-state index in [4.69, 9.17) is 4.74 Å². The largest absolute Gasteiger partial charge is 0.465 e. The smallest absolute Gasteiger partial charge is 0.350 e. The first-order valence-electron chi connectivity index (χ1n) is 8.69. The molecule has 1 aliphatic heterocycles. The molecule has 1 amide bonds. The van der Waals surface area contributed by atoms with Crippen molar-refractivity contribution in [2.75, 3.05) is 25.5 Å². The van der Waals surface area contributed by atoms with Crippen LogP contribution in [0.5, 0.6) is 0 Å². The first-order chi connectivity index (χ1) is 12.5. The van der Waals surface area contributed by atoms with Gasteiger partial charge in [0.05, 0.1) is 25.0 Å². The SMILES string of the molecule is COC(=O)c1sc(NC(=O)CN2CCc3[nH]nc(C4CC4)c3C2)nc1C. The third-order valence-corrected chi connectivity index (χ3v) is 5.84.